The van der Waals surface area contributed by atoms with E-state index in [1.54, 1.807) is 0 Å². The summed E-state index contributed by atoms with van der Waals surface area (Å²) in [5.41, 5.74) is 4.49. The summed E-state index contributed by atoms with van der Waals surface area (Å²) >= 11 is 0. The number of fused-ring (bicyclic) bond motifs is 3. The van der Waals surface area contributed by atoms with Gasteiger partial charge in [0.15, 0.2) is 6.10 Å². The van der Waals surface area contributed by atoms with E-state index in [1.807, 2.05) is 48.5 Å². The number of carboxylic acid groups (broad SMARTS) is 1. The number of aliphatic hydroxyl groups excluding tert-OH is 1. The van der Waals surface area contributed by atoms with Gasteiger partial charge in [-0.15, -0.1) is 0 Å². The fraction of sp³-hybridized carbons (Fsp3) is 0.286. The van der Waals surface area contributed by atoms with Crippen LogP contribution >= 0.6 is 0 Å². The van der Waals surface area contributed by atoms with E-state index in [9.17, 15) is 14.4 Å². The van der Waals surface area contributed by atoms with Gasteiger partial charge in [0.2, 0.25) is 5.91 Å². The third-order valence-corrected chi connectivity index (χ3v) is 4.74. The van der Waals surface area contributed by atoms with Gasteiger partial charge in [-0.25, -0.2) is 9.59 Å². The van der Waals surface area contributed by atoms with Crippen molar-refractivity contribution in [2.24, 2.45) is 0 Å². The number of hydrogen-bond donors (Lipinski definition) is 4. The molecule has 8 heteroatoms. The van der Waals surface area contributed by atoms with Crippen LogP contribution in [0.25, 0.3) is 11.1 Å². The minimum absolute atomic E-state index is 0.0334. The molecule has 2 amide bonds. The highest BCUT2D eigenvalue weighted by molar-refractivity contribution is 5.80. The number of aliphatic hydroxyl groups is 1. The van der Waals surface area contributed by atoms with Gasteiger partial charge < -0.3 is 25.6 Å². The Hall–Kier alpha value is -3.39. The van der Waals surface area contributed by atoms with Crippen LogP contribution in [0.2, 0.25) is 0 Å². The first kappa shape index (κ1) is 20.3. The zero-order valence-electron chi connectivity index (χ0n) is 15.6. The molecule has 152 valence electrons. The Morgan fingerprint density at radius 2 is 1.55 bits per heavy atom. The van der Waals surface area contributed by atoms with Crippen molar-refractivity contribution in [2.75, 3.05) is 19.7 Å². The zero-order valence-corrected chi connectivity index (χ0v) is 15.6. The normalized spacial score (nSPS) is 13.1. The molecule has 0 fully saturated rings. The fourth-order valence-electron chi connectivity index (χ4n) is 3.31. The van der Waals surface area contributed by atoms with Gasteiger partial charge in [0, 0.05) is 18.9 Å². The Morgan fingerprint density at radius 3 is 2.14 bits per heavy atom. The summed E-state index contributed by atoms with van der Waals surface area (Å²) in [7, 11) is 0. The van der Waals surface area contributed by atoms with Crippen molar-refractivity contribution in [1.82, 2.24) is 10.6 Å². The van der Waals surface area contributed by atoms with Crippen molar-refractivity contribution < 1.29 is 29.3 Å². The Morgan fingerprint density at radius 1 is 0.966 bits per heavy atom. The lowest BCUT2D eigenvalue weighted by Gasteiger charge is -2.14. The third kappa shape index (κ3) is 4.91. The molecule has 0 aromatic heterocycles. The zero-order chi connectivity index (χ0) is 20.8. The third-order valence-electron chi connectivity index (χ3n) is 4.74. The summed E-state index contributed by atoms with van der Waals surface area (Å²) < 4.78 is 5.35. The smallest absolute Gasteiger partial charge is 0.407 e. The standard InChI is InChI=1S/C21H22N2O6/c24-18(20(26)27)11-23-19(25)9-10-22-21(28)29-12-17-15-7-3-1-5-13(15)14-6-2-4-8-16(14)17/h1-8,17-18,24H,9-12H2,(H,22,28)(H,23,25)(H,26,27). The lowest BCUT2D eigenvalue weighted by molar-refractivity contribution is -0.146. The van der Waals surface area contributed by atoms with Crippen LogP contribution in [-0.4, -0.2) is 54.0 Å². The van der Waals surface area contributed by atoms with E-state index in [1.165, 1.54) is 0 Å². The van der Waals surface area contributed by atoms with E-state index in [0.29, 0.717) is 0 Å². The van der Waals surface area contributed by atoms with Gasteiger partial charge in [0.25, 0.3) is 0 Å². The van der Waals surface area contributed by atoms with Crippen molar-refractivity contribution in [3.8, 4) is 11.1 Å². The molecule has 1 unspecified atom stereocenters. The molecular weight excluding hydrogens is 376 g/mol. The Bertz CT molecular complexity index is 868. The average molecular weight is 398 g/mol. The summed E-state index contributed by atoms with van der Waals surface area (Å²) in [5, 5.41) is 22.4. The minimum atomic E-state index is -1.66. The molecule has 0 heterocycles. The first-order valence-corrected chi connectivity index (χ1v) is 9.23. The molecule has 8 nitrogen and oxygen atoms in total. The SMILES string of the molecule is O=C(CCNC(=O)OCC1c2ccccc2-c2ccccc21)NCC(O)C(=O)O. The van der Waals surface area contributed by atoms with Gasteiger partial charge in [-0.1, -0.05) is 48.5 Å². The number of carbonyl (C=O) groups excluding carboxylic acids is 2. The van der Waals surface area contributed by atoms with Gasteiger partial charge in [0.05, 0.1) is 6.54 Å². The number of ether oxygens (including phenoxy) is 1. The van der Waals surface area contributed by atoms with E-state index >= 15 is 0 Å². The van der Waals surface area contributed by atoms with Crippen molar-refractivity contribution in [1.29, 1.82) is 0 Å². The maximum atomic E-state index is 12.0. The van der Waals surface area contributed by atoms with Crippen molar-refractivity contribution in [2.45, 2.75) is 18.4 Å². The molecule has 0 aliphatic heterocycles. The second-order valence-electron chi connectivity index (χ2n) is 6.66. The van der Waals surface area contributed by atoms with Crippen LogP contribution in [0.5, 0.6) is 0 Å². The van der Waals surface area contributed by atoms with Gasteiger partial charge in [-0.05, 0) is 22.3 Å². The number of nitrogens with one attached hydrogen (secondary N) is 2. The Labute approximate surface area is 167 Å². The second-order valence-corrected chi connectivity index (χ2v) is 6.66. The summed E-state index contributed by atoms with van der Waals surface area (Å²) in [6.45, 7) is -0.179. The number of carbonyl (C=O) groups is 3. The molecule has 1 aliphatic carbocycles. The van der Waals surface area contributed by atoms with Crippen LogP contribution in [0.4, 0.5) is 4.79 Å². The van der Waals surface area contributed by atoms with E-state index in [2.05, 4.69) is 10.6 Å². The van der Waals surface area contributed by atoms with Gasteiger partial charge in [0.1, 0.15) is 6.61 Å². The maximum Gasteiger partial charge on any atom is 0.407 e. The number of aliphatic carboxylic acids is 1. The number of rotatable bonds is 8. The molecule has 4 N–H and O–H groups in total. The predicted molar refractivity (Wildman–Crippen MR) is 104 cm³/mol. The molecule has 1 atom stereocenters. The molecule has 2 aromatic rings. The molecule has 2 aromatic carbocycles. The topological polar surface area (TPSA) is 125 Å². The highest BCUT2D eigenvalue weighted by atomic mass is 16.5. The molecule has 0 saturated carbocycles. The molecule has 1 aliphatic rings. The van der Waals surface area contributed by atoms with Crippen molar-refractivity contribution >= 4 is 18.0 Å². The summed E-state index contributed by atoms with van der Waals surface area (Å²) in [6, 6.07) is 16.0. The van der Waals surface area contributed by atoms with Gasteiger partial charge >= 0.3 is 12.1 Å². The van der Waals surface area contributed by atoms with Crippen LogP contribution in [-0.2, 0) is 14.3 Å². The second kappa shape index (κ2) is 9.20. The number of benzene rings is 2. The van der Waals surface area contributed by atoms with Crippen LogP contribution in [0.1, 0.15) is 23.5 Å². The average Bonchev–Trinajstić information content (AvgIpc) is 3.04. The van der Waals surface area contributed by atoms with Crippen LogP contribution < -0.4 is 10.6 Å². The molecular formula is C21H22N2O6. The van der Waals surface area contributed by atoms with E-state index in [4.69, 9.17) is 14.9 Å². The maximum absolute atomic E-state index is 12.0. The molecule has 3 rings (SSSR count). The monoisotopic (exact) mass is 398 g/mol. The van der Waals surface area contributed by atoms with Crippen LogP contribution in [0.3, 0.4) is 0 Å². The fourth-order valence-corrected chi connectivity index (χ4v) is 3.31. The molecule has 0 bridgehead atoms. The predicted octanol–water partition coefficient (Wildman–Crippen LogP) is 1.48. The molecule has 0 saturated heterocycles. The van der Waals surface area contributed by atoms with Crippen LogP contribution in [0, 0.1) is 0 Å². The van der Waals surface area contributed by atoms with Crippen LogP contribution in [0.15, 0.2) is 48.5 Å². The van der Waals surface area contributed by atoms with Crippen molar-refractivity contribution in [3.63, 3.8) is 0 Å². The van der Waals surface area contributed by atoms with Crippen molar-refractivity contribution in [3.05, 3.63) is 59.7 Å². The Balaban J connectivity index is 1.46. The largest absolute Gasteiger partial charge is 0.479 e. The minimum Gasteiger partial charge on any atom is -0.479 e. The summed E-state index contributed by atoms with van der Waals surface area (Å²) in [6.07, 6.45) is -2.35. The lowest BCUT2D eigenvalue weighted by Crippen LogP contribution is -2.38. The summed E-state index contributed by atoms with van der Waals surface area (Å²) in [5.74, 6) is -1.94. The Kier molecular flexibility index (Phi) is 6.46. The highest BCUT2D eigenvalue weighted by Gasteiger charge is 2.28. The number of carboxylic acids is 1. The first-order chi connectivity index (χ1) is 14.0. The molecule has 29 heavy (non-hydrogen) atoms. The van der Waals surface area contributed by atoms with Gasteiger partial charge in [-0.3, -0.25) is 4.79 Å². The van der Waals surface area contributed by atoms with E-state index in [-0.39, 0.29) is 32.0 Å². The van der Waals surface area contributed by atoms with E-state index < -0.39 is 24.1 Å². The summed E-state index contributed by atoms with van der Waals surface area (Å²) in [4.78, 5) is 34.0. The number of amides is 2. The highest BCUT2D eigenvalue weighted by Crippen LogP contribution is 2.44. The van der Waals surface area contributed by atoms with E-state index in [0.717, 1.165) is 22.3 Å². The lowest BCUT2D eigenvalue weighted by atomic mass is 9.98. The first-order valence-electron chi connectivity index (χ1n) is 9.23. The number of hydrogen-bond acceptors (Lipinski definition) is 5. The quantitative estimate of drug-likeness (QED) is 0.534. The number of alkyl carbamates (subject to hydrolysis) is 1. The molecule has 0 spiro atoms. The molecule has 0 radical (unpaired) electrons. The van der Waals surface area contributed by atoms with Gasteiger partial charge in [-0.2, -0.15) is 0 Å².